The van der Waals surface area contributed by atoms with Crippen molar-refractivity contribution in [1.82, 2.24) is 14.8 Å². The highest BCUT2D eigenvalue weighted by atomic mass is 32.1. The van der Waals surface area contributed by atoms with Crippen LogP contribution >= 0.6 is 11.3 Å². The maximum absolute atomic E-state index is 13.9. The molecular formula is C29H33N5O3S. The van der Waals surface area contributed by atoms with Gasteiger partial charge in [-0.2, -0.15) is 0 Å². The monoisotopic (exact) mass is 531 g/mol. The summed E-state index contributed by atoms with van der Waals surface area (Å²) in [6.45, 7) is 7.30. The molecule has 9 heteroatoms. The van der Waals surface area contributed by atoms with Crippen molar-refractivity contribution >= 4 is 50.2 Å². The summed E-state index contributed by atoms with van der Waals surface area (Å²) in [6.07, 6.45) is 2.13. The smallest absolute Gasteiger partial charge is 0.322 e. The number of hydrogen-bond acceptors (Lipinski definition) is 5. The van der Waals surface area contributed by atoms with Gasteiger partial charge < -0.3 is 15.1 Å². The van der Waals surface area contributed by atoms with E-state index in [-0.39, 0.29) is 35.8 Å². The average Bonchev–Trinajstić information content (AvgIpc) is 3.69. The maximum Gasteiger partial charge on any atom is 0.322 e. The van der Waals surface area contributed by atoms with Gasteiger partial charge in [0.25, 0.3) is 0 Å². The van der Waals surface area contributed by atoms with E-state index in [0.717, 1.165) is 22.3 Å². The normalized spacial score (nSPS) is 25.1. The number of hydrogen-bond donors (Lipinski definition) is 1. The van der Waals surface area contributed by atoms with Crippen molar-refractivity contribution in [2.45, 2.75) is 64.1 Å². The third-order valence-electron chi connectivity index (χ3n) is 8.29. The van der Waals surface area contributed by atoms with Crippen LogP contribution in [0.1, 0.15) is 51.5 Å². The van der Waals surface area contributed by atoms with Crippen molar-refractivity contribution in [1.29, 1.82) is 0 Å². The highest BCUT2D eigenvalue weighted by Gasteiger charge is 2.55. The number of anilines is 2. The quantitative estimate of drug-likeness (QED) is 0.510. The molecule has 4 atom stereocenters. The van der Waals surface area contributed by atoms with E-state index in [1.807, 2.05) is 65.3 Å². The molecule has 0 aliphatic carbocycles. The van der Waals surface area contributed by atoms with E-state index in [4.69, 9.17) is 4.98 Å². The Bertz CT molecular complexity index is 1350. The minimum absolute atomic E-state index is 0.0161. The number of amides is 4. The first-order chi connectivity index (χ1) is 18.3. The van der Waals surface area contributed by atoms with Crippen LogP contribution in [0.3, 0.4) is 0 Å². The molecule has 198 valence electrons. The topological polar surface area (TPSA) is 85.8 Å². The molecule has 0 saturated carbocycles. The van der Waals surface area contributed by atoms with Crippen LogP contribution in [0.2, 0.25) is 0 Å². The van der Waals surface area contributed by atoms with Crippen LogP contribution in [-0.4, -0.2) is 63.8 Å². The van der Waals surface area contributed by atoms with Crippen molar-refractivity contribution in [3.63, 3.8) is 0 Å². The molecule has 3 aliphatic heterocycles. The van der Waals surface area contributed by atoms with Crippen LogP contribution in [0.5, 0.6) is 0 Å². The van der Waals surface area contributed by atoms with Crippen LogP contribution < -0.4 is 10.2 Å². The van der Waals surface area contributed by atoms with E-state index in [2.05, 4.69) is 19.2 Å². The molecule has 2 aromatic carbocycles. The van der Waals surface area contributed by atoms with E-state index in [1.165, 1.54) is 16.9 Å². The third-order valence-corrected chi connectivity index (χ3v) is 9.33. The molecule has 6 rings (SSSR count). The van der Waals surface area contributed by atoms with E-state index < -0.39 is 6.04 Å². The van der Waals surface area contributed by atoms with Gasteiger partial charge in [0, 0.05) is 18.8 Å². The first-order valence-electron chi connectivity index (χ1n) is 13.5. The SMILES string of the molecule is CC(C)c1ccc(NC(=O)N2CCC[C@H]2C(=O)N2CC[C@H]3[C@H]2[C@H](C)C(=O)N3c2nc3ccccc3s2)cc1. The number of thiazole rings is 1. The van der Waals surface area contributed by atoms with Crippen LogP contribution in [0.15, 0.2) is 48.5 Å². The van der Waals surface area contributed by atoms with Gasteiger partial charge >= 0.3 is 6.03 Å². The number of aromatic nitrogens is 1. The second-order valence-corrected chi connectivity index (χ2v) is 11.9. The van der Waals surface area contributed by atoms with Gasteiger partial charge in [-0.25, -0.2) is 9.78 Å². The Morgan fingerprint density at radius 1 is 1.03 bits per heavy atom. The molecular weight excluding hydrogens is 498 g/mol. The maximum atomic E-state index is 13.9. The van der Waals surface area contributed by atoms with E-state index in [9.17, 15) is 14.4 Å². The fourth-order valence-electron chi connectivity index (χ4n) is 6.27. The largest absolute Gasteiger partial charge is 0.335 e. The molecule has 3 aliphatic rings. The molecule has 8 nitrogen and oxygen atoms in total. The van der Waals surface area contributed by atoms with Gasteiger partial charge in [-0.1, -0.05) is 56.4 Å². The number of carbonyl (C=O) groups is 3. The molecule has 1 N–H and O–H groups in total. The summed E-state index contributed by atoms with van der Waals surface area (Å²) in [5, 5.41) is 3.68. The molecule has 0 radical (unpaired) electrons. The van der Waals surface area contributed by atoms with Crippen molar-refractivity contribution in [2.75, 3.05) is 23.3 Å². The molecule has 3 saturated heterocycles. The van der Waals surface area contributed by atoms with Crippen LogP contribution in [0, 0.1) is 5.92 Å². The molecule has 0 unspecified atom stereocenters. The first kappa shape index (κ1) is 24.9. The molecule has 0 bridgehead atoms. The summed E-state index contributed by atoms with van der Waals surface area (Å²) < 4.78 is 1.05. The average molecular weight is 532 g/mol. The summed E-state index contributed by atoms with van der Waals surface area (Å²) in [7, 11) is 0. The number of likely N-dealkylation sites (tertiary alicyclic amines) is 2. The van der Waals surface area contributed by atoms with Gasteiger partial charge in [0.05, 0.1) is 28.2 Å². The minimum atomic E-state index is -0.512. The zero-order valence-electron chi connectivity index (χ0n) is 22.0. The second kappa shape index (κ2) is 9.69. The Labute approximate surface area is 226 Å². The predicted molar refractivity (Wildman–Crippen MR) is 149 cm³/mol. The number of carbonyl (C=O) groups excluding carboxylic acids is 3. The summed E-state index contributed by atoms with van der Waals surface area (Å²) in [4.78, 5) is 50.6. The zero-order valence-corrected chi connectivity index (χ0v) is 22.8. The molecule has 1 aromatic heterocycles. The van der Waals surface area contributed by atoms with Crippen molar-refractivity contribution in [3.05, 3.63) is 54.1 Å². The Kier molecular flexibility index (Phi) is 6.34. The fraction of sp³-hybridized carbons (Fsp3) is 0.448. The lowest BCUT2D eigenvalue weighted by Crippen LogP contribution is -2.52. The lowest BCUT2D eigenvalue weighted by Gasteiger charge is -2.32. The van der Waals surface area contributed by atoms with Crippen LogP contribution in [0.25, 0.3) is 10.2 Å². The Morgan fingerprint density at radius 3 is 2.53 bits per heavy atom. The lowest BCUT2D eigenvalue weighted by molar-refractivity contribution is -0.137. The Hall–Kier alpha value is -3.46. The van der Waals surface area contributed by atoms with Gasteiger partial charge in [-0.05, 0) is 55.0 Å². The van der Waals surface area contributed by atoms with Gasteiger partial charge in [-0.15, -0.1) is 0 Å². The summed E-state index contributed by atoms with van der Waals surface area (Å²) in [5.41, 5.74) is 2.81. The van der Waals surface area contributed by atoms with E-state index in [1.54, 1.807) is 4.90 Å². The van der Waals surface area contributed by atoms with Crippen LogP contribution in [0.4, 0.5) is 15.6 Å². The zero-order chi connectivity index (χ0) is 26.6. The minimum Gasteiger partial charge on any atom is -0.335 e. The molecule has 3 fully saturated rings. The number of rotatable bonds is 4. The van der Waals surface area contributed by atoms with E-state index in [0.29, 0.717) is 37.0 Å². The second-order valence-electron chi connectivity index (χ2n) is 10.9. The number of para-hydroxylation sites is 1. The summed E-state index contributed by atoms with van der Waals surface area (Å²) >= 11 is 1.52. The van der Waals surface area contributed by atoms with Gasteiger partial charge in [0.2, 0.25) is 11.8 Å². The molecule has 38 heavy (non-hydrogen) atoms. The van der Waals surface area contributed by atoms with Gasteiger partial charge in [0.15, 0.2) is 5.13 Å². The van der Waals surface area contributed by atoms with Crippen molar-refractivity contribution in [2.24, 2.45) is 5.92 Å². The molecule has 3 aromatic rings. The third kappa shape index (κ3) is 4.13. The predicted octanol–water partition coefficient (Wildman–Crippen LogP) is 5.07. The van der Waals surface area contributed by atoms with Crippen LogP contribution in [-0.2, 0) is 9.59 Å². The first-order valence-corrected chi connectivity index (χ1v) is 14.3. The summed E-state index contributed by atoms with van der Waals surface area (Å²) in [6, 6.07) is 14.7. The van der Waals surface area contributed by atoms with Crippen molar-refractivity contribution in [3.8, 4) is 0 Å². The fourth-order valence-corrected chi connectivity index (χ4v) is 7.30. The Balaban J connectivity index is 1.18. The highest BCUT2D eigenvalue weighted by Crippen LogP contribution is 2.42. The molecule has 0 spiro atoms. The number of nitrogens with one attached hydrogen (secondary N) is 1. The Morgan fingerprint density at radius 2 is 1.79 bits per heavy atom. The molecule has 4 amide bonds. The van der Waals surface area contributed by atoms with Gasteiger partial charge in [0.1, 0.15) is 6.04 Å². The number of fused-ring (bicyclic) bond motifs is 2. The summed E-state index contributed by atoms with van der Waals surface area (Å²) in [5.74, 6) is 0.0650. The number of urea groups is 1. The number of nitrogens with zero attached hydrogens (tertiary/aromatic N) is 4. The van der Waals surface area contributed by atoms with Crippen molar-refractivity contribution < 1.29 is 14.4 Å². The number of benzene rings is 2. The molecule has 4 heterocycles. The highest BCUT2D eigenvalue weighted by molar-refractivity contribution is 7.22. The van der Waals surface area contributed by atoms with E-state index >= 15 is 0 Å². The van der Waals surface area contributed by atoms with Gasteiger partial charge in [-0.3, -0.25) is 14.5 Å². The lowest BCUT2D eigenvalue weighted by atomic mass is 10.0. The standard InChI is InChI=1S/C29H33N5O3S/c1-17(2)19-10-12-20(13-11-19)30-28(37)32-15-6-8-23(32)27(36)33-16-14-22-25(33)18(3)26(35)34(22)29-31-21-7-4-5-9-24(21)38-29/h4-5,7,9-13,17-18,22-23,25H,6,8,14-16H2,1-3H3,(H,30,37)/t18-,22-,23-,25+/m0/s1.